The van der Waals surface area contributed by atoms with E-state index in [2.05, 4.69) is 74.1 Å². The topological polar surface area (TPSA) is 78.7 Å². The predicted octanol–water partition coefficient (Wildman–Crippen LogP) is 4.62. The van der Waals surface area contributed by atoms with Crippen LogP contribution >= 0.6 is 0 Å². The Kier molecular flexibility index (Phi) is 6.84. The molecule has 7 nitrogen and oxygen atoms in total. The van der Waals surface area contributed by atoms with Crippen molar-refractivity contribution in [3.05, 3.63) is 71.0 Å². The molecule has 2 aliphatic heterocycles. The first-order chi connectivity index (χ1) is 18.3. The summed E-state index contributed by atoms with van der Waals surface area (Å²) in [4.78, 5) is 19.0. The van der Waals surface area contributed by atoms with Gasteiger partial charge in [-0.25, -0.2) is 0 Å². The van der Waals surface area contributed by atoms with E-state index < -0.39 is 0 Å². The number of nitrogens with zero attached hydrogens (tertiary/aromatic N) is 3. The molecule has 6 rings (SSSR count). The second kappa shape index (κ2) is 10.7. The Labute approximate surface area is 218 Å². The summed E-state index contributed by atoms with van der Waals surface area (Å²) < 4.78 is 2.04. The van der Waals surface area contributed by atoms with Crippen LogP contribution in [0.5, 0.6) is 0 Å². The molecular weight excluding hydrogens is 460 g/mol. The Balaban J connectivity index is 1.12. The van der Waals surface area contributed by atoms with E-state index >= 15 is 0 Å². The SMILES string of the molecule is CCOn1c(CCCCc2cc3ccc(C4=NCCCN4)cc3[nH]2)cc2ccc(C3=NCCCN3)cc21. The minimum absolute atomic E-state index is 0.638. The summed E-state index contributed by atoms with van der Waals surface area (Å²) in [6.45, 7) is 6.47. The normalized spacial score (nSPS) is 15.8. The van der Waals surface area contributed by atoms with Crippen molar-refractivity contribution >= 4 is 33.5 Å². The summed E-state index contributed by atoms with van der Waals surface area (Å²) in [6.07, 6.45) is 6.45. The van der Waals surface area contributed by atoms with Gasteiger partial charge in [-0.3, -0.25) is 9.98 Å². The molecule has 2 aliphatic rings. The van der Waals surface area contributed by atoms with Crippen molar-refractivity contribution in [1.82, 2.24) is 20.3 Å². The maximum atomic E-state index is 6.08. The molecule has 7 heteroatoms. The number of aryl methyl sites for hydroxylation is 2. The molecule has 0 aliphatic carbocycles. The summed E-state index contributed by atoms with van der Waals surface area (Å²) in [6, 6.07) is 17.7. The van der Waals surface area contributed by atoms with Crippen molar-refractivity contribution in [3.63, 3.8) is 0 Å². The molecule has 4 heterocycles. The first-order valence-corrected chi connectivity index (χ1v) is 13.8. The maximum Gasteiger partial charge on any atom is 0.128 e. The van der Waals surface area contributed by atoms with Crippen LogP contribution in [0, 0.1) is 0 Å². The fourth-order valence-electron chi connectivity index (χ4n) is 5.38. The molecule has 0 amide bonds. The fraction of sp³-hybridized carbons (Fsp3) is 0.400. The number of H-pyrrole nitrogens is 1. The number of aliphatic imine (C=N–C) groups is 2. The molecule has 0 fully saturated rings. The summed E-state index contributed by atoms with van der Waals surface area (Å²) in [7, 11) is 0. The van der Waals surface area contributed by atoms with E-state index in [-0.39, 0.29) is 0 Å². The molecule has 2 aromatic heterocycles. The Morgan fingerprint density at radius 2 is 1.51 bits per heavy atom. The van der Waals surface area contributed by atoms with E-state index in [4.69, 9.17) is 4.84 Å². The zero-order valence-electron chi connectivity index (χ0n) is 21.6. The van der Waals surface area contributed by atoms with Crippen LogP contribution in [-0.4, -0.2) is 54.2 Å². The Hall–Kier alpha value is -3.74. The number of unbranched alkanes of at least 4 members (excludes halogenated alkanes) is 1. The summed E-state index contributed by atoms with van der Waals surface area (Å²) in [5.74, 6) is 2.01. The lowest BCUT2D eigenvalue weighted by Gasteiger charge is -2.15. The van der Waals surface area contributed by atoms with Gasteiger partial charge in [0.25, 0.3) is 0 Å². The molecule has 0 atom stereocenters. The largest absolute Gasteiger partial charge is 0.414 e. The van der Waals surface area contributed by atoms with Gasteiger partial charge in [0.05, 0.1) is 11.2 Å². The van der Waals surface area contributed by atoms with Crippen LogP contribution in [0.1, 0.15) is 55.1 Å². The summed E-state index contributed by atoms with van der Waals surface area (Å²) in [5, 5.41) is 9.33. The monoisotopic (exact) mass is 496 g/mol. The van der Waals surface area contributed by atoms with Crippen molar-refractivity contribution in [2.45, 2.75) is 45.4 Å². The molecule has 0 unspecified atom stereocenters. The Morgan fingerprint density at radius 3 is 2.22 bits per heavy atom. The highest BCUT2D eigenvalue weighted by molar-refractivity contribution is 6.02. The van der Waals surface area contributed by atoms with Crippen LogP contribution in [0.2, 0.25) is 0 Å². The third-order valence-corrected chi connectivity index (χ3v) is 7.24. The number of benzene rings is 2. The highest BCUT2D eigenvalue weighted by Gasteiger charge is 2.14. The van der Waals surface area contributed by atoms with Crippen LogP contribution in [0.3, 0.4) is 0 Å². The minimum Gasteiger partial charge on any atom is -0.414 e. The van der Waals surface area contributed by atoms with Crippen LogP contribution in [0.4, 0.5) is 0 Å². The molecule has 0 radical (unpaired) electrons. The van der Waals surface area contributed by atoms with Crippen LogP contribution in [-0.2, 0) is 12.8 Å². The smallest absolute Gasteiger partial charge is 0.128 e. The predicted molar refractivity (Wildman–Crippen MR) is 152 cm³/mol. The molecular formula is C30H36N6O. The van der Waals surface area contributed by atoms with Gasteiger partial charge in [0, 0.05) is 53.9 Å². The Bertz CT molecular complexity index is 1460. The number of aromatic amines is 1. The van der Waals surface area contributed by atoms with E-state index in [0.717, 1.165) is 87.5 Å². The third kappa shape index (κ3) is 5.08. The van der Waals surface area contributed by atoms with Gasteiger partial charge in [0.15, 0.2) is 0 Å². The van der Waals surface area contributed by atoms with Crippen LogP contribution in [0.15, 0.2) is 58.5 Å². The number of amidine groups is 2. The maximum absolute atomic E-state index is 6.08. The number of hydrogen-bond acceptors (Lipinski definition) is 5. The molecule has 2 aromatic carbocycles. The highest BCUT2D eigenvalue weighted by atomic mass is 16.7. The van der Waals surface area contributed by atoms with Crippen LogP contribution in [0.25, 0.3) is 21.8 Å². The summed E-state index contributed by atoms with van der Waals surface area (Å²) >= 11 is 0. The zero-order chi connectivity index (χ0) is 25.0. The quantitative estimate of drug-likeness (QED) is 0.296. The van der Waals surface area contributed by atoms with Crippen molar-refractivity contribution in [1.29, 1.82) is 0 Å². The average Bonchev–Trinajstić information content (AvgIpc) is 3.52. The molecule has 192 valence electrons. The number of hydrogen-bond donors (Lipinski definition) is 3. The van der Waals surface area contributed by atoms with Crippen LogP contribution < -0.4 is 15.5 Å². The van der Waals surface area contributed by atoms with E-state index in [1.807, 2.05) is 11.7 Å². The number of nitrogens with one attached hydrogen (secondary N) is 3. The van der Waals surface area contributed by atoms with Gasteiger partial charge in [0.1, 0.15) is 18.3 Å². The third-order valence-electron chi connectivity index (χ3n) is 7.24. The molecule has 0 saturated heterocycles. The molecule has 0 spiro atoms. The van der Waals surface area contributed by atoms with Crippen molar-refractivity contribution in [2.24, 2.45) is 9.98 Å². The number of aromatic nitrogens is 2. The van der Waals surface area contributed by atoms with Gasteiger partial charge < -0.3 is 20.5 Å². The van der Waals surface area contributed by atoms with E-state index in [1.54, 1.807) is 0 Å². The lowest BCUT2D eigenvalue weighted by Crippen LogP contribution is -2.30. The molecule has 4 aromatic rings. The van der Waals surface area contributed by atoms with Crippen molar-refractivity contribution in [3.8, 4) is 0 Å². The van der Waals surface area contributed by atoms with Crippen molar-refractivity contribution in [2.75, 3.05) is 32.8 Å². The van der Waals surface area contributed by atoms with Gasteiger partial charge in [-0.1, -0.05) is 24.3 Å². The number of rotatable bonds is 9. The second-order valence-electron chi connectivity index (χ2n) is 9.95. The van der Waals surface area contributed by atoms with Gasteiger partial charge in [-0.15, -0.1) is 0 Å². The van der Waals surface area contributed by atoms with Gasteiger partial charge in [-0.2, -0.15) is 4.73 Å². The first kappa shape index (κ1) is 23.6. The van der Waals surface area contributed by atoms with Gasteiger partial charge >= 0.3 is 0 Å². The molecule has 0 saturated carbocycles. The minimum atomic E-state index is 0.638. The average molecular weight is 497 g/mol. The fourth-order valence-corrected chi connectivity index (χ4v) is 5.38. The molecule has 0 bridgehead atoms. The van der Waals surface area contributed by atoms with E-state index in [9.17, 15) is 0 Å². The standard InChI is InChI=1S/C30H36N6O/c1-2-37-36-26(18-22-10-12-24(20-28(22)36)30-33-15-6-16-34-30)8-4-3-7-25-17-21-9-11-23(19-27(21)35-25)29-31-13-5-14-32-29/h9-12,17-20,35H,2-8,13-16H2,1H3,(H,31,32)(H,33,34). The Morgan fingerprint density at radius 1 is 0.811 bits per heavy atom. The number of fused-ring (bicyclic) bond motifs is 2. The second-order valence-corrected chi connectivity index (χ2v) is 9.95. The first-order valence-electron chi connectivity index (χ1n) is 13.8. The van der Waals surface area contributed by atoms with Crippen molar-refractivity contribution < 1.29 is 4.84 Å². The van der Waals surface area contributed by atoms with E-state index in [0.29, 0.717) is 6.61 Å². The highest BCUT2D eigenvalue weighted by Crippen LogP contribution is 2.24. The molecule has 3 N–H and O–H groups in total. The lowest BCUT2D eigenvalue weighted by molar-refractivity contribution is 0.125. The summed E-state index contributed by atoms with van der Waals surface area (Å²) in [5.41, 5.74) is 7.13. The lowest BCUT2D eigenvalue weighted by atomic mass is 10.1. The zero-order valence-corrected chi connectivity index (χ0v) is 21.6. The van der Waals surface area contributed by atoms with E-state index in [1.165, 1.54) is 33.2 Å². The van der Waals surface area contributed by atoms with Gasteiger partial charge in [0.2, 0.25) is 0 Å². The molecule has 37 heavy (non-hydrogen) atoms. The van der Waals surface area contributed by atoms with Gasteiger partial charge in [-0.05, 0) is 75.1 Å².